The Kier molecular flexibility index (Phi) is 10.5. The summed E-state index contributed by atoms with van der Waals surface area (Å²) in [5, 5.41) is 0. The Morgan fingerprint density at radius 2 is 1.00 bits per heavy atom. The van der Waals surface area contributed by atoms with E-state index in [0.29, 0.717) is 0 Å². The van der Waals surface area contributed by atoms with Crippen LogP contribution in [0, 0.1) is 6.92 Å². The third-order valence-electron chi connectivity index (χ3n) is 3.18. The van der Waals surface area contributed by atoms with E-state index < -0.39 is 8.07 Å². The maximum absolute atomic E-state index is 3.88. The number of hydrogen-bond donors (Lipinski definition) is 0. The molecule has 0 aromatic rings. The van der Waals surface area contributed by atoms with Crippen molar-refractivity contribution in [3.63, 3.8) is 0 Å². The van der Waals surface area contributed by atoms with Crippen molar-refractivity contribution in [2.45, 2.75) is 89.9 Å². The normalized spacial score (nSPS) is 12.0. The zero-order chi connectivity index (χ0) is 12.3. The first-order valence-corrected chi connectivity index (χ1v) is 11.1. The molecule has 0 bridgehead atoms. The molecular formula is C15H33Si. The Hall–Kier alpha value is 0.217. The van der Waals surface area contributed by atoms with Crippen LogP contribution in [-0.4, -0.2) is 8.07 Å². The molecule has 0 aliphatic carbocycles. The first-order chi connectivity index (χ1) is 7.56. The molecule has 1 radical (unpaired) electrons. The highest BCUT2D eigenvalue weighted by Gasteiger charge is 2.11. The van der Waals surface area contributed by atoms with E-state index in [2.05, 4.69) is 26.6 Å². The van der Waals surface area contributed by atoms with Gasteiger partial charge in [0.15, 0.2) is 0 Å². The van der Waals surface area contributed by atoms with Crippen molar-refractivity contribution >= 4 is 8.07 Å². The lowest BCUT2D eigenvalue weighted by Gasteiger charge is -2.14. The summed E-state index contributed by atoms with van der Waals surface area (Å²) < 4.78 is 0. The topological polar surface area (TPSA) is 0 Å². The first-order valence-electron chi connectivity index (χ1n) is 7.35. The Morgan fingerprint density at radius 1 is 0.625 bits per heavy atom. The molecule has 97 valence electrons. The lowest BCUT2D eigenvalue weighted by Crippen LogP contribution is -2.18. The molecule has 16 heavy (non-hydrogen) atoms. The van der Waals surface area contributed by atoms with Gasteiger partial charge in [-0.3, -0.25) is 0 Å². The SMILES string of the molecule is [CH2]CCCCCCCCCCC[Si](C)(C)C. The van der Waals surface area contributed by atoms with Gasteiger partial charge in [0.05, 0.1) is 0 Å². The summed E-state index contributed by atoms with van der Waals surface area (Å²) in [6.07, 6.45) is 14.1. The van der Waals surface area contributed by atoms with Gasteiger partial charge < -0.3 is 0 Å². The minimum atomic E-state index is -0.753. The largest absolute Gasteiger partial charge is 0.0695 e. The Bertz CT molecular complexity index is 135. The van der Waals surface area contributed by atoms with E-state index in [1.54, 1.807) is 0 Å². The van der Waals surface area contributed by atoms with Crippen LogP contribution in [-0.2, 0) is 0 Å². The summed E-state index contributed by atoms with van der Waals surface area (Å²) in [6, 6.07) is 1.52. The lowest BCUT2D eigenvalue weighted by atomic mass is 10.1. The fourth-order valence-corrected chi connectivity index (χ4v) is 3.38. The molecule has 0 saturated heterocycles. The Labute approximate surface area is 105 Å². The molecule has 0 aliphatic rings. The molecule has 0 rings (SSSR count). The van der Waals surface area contributed by atoms with Crippen molar-refractivity contribution in [1.82, 2.24) is 0 Å². The van der Waals surface area contributed by atoms with E-state index in [1.165, 1.54) is 63.8 Å². The van der Waals surface area contributed by atoms with E-state index in [-0.39, 0.29) is 0 Å². The summed E-state index contributed by atoms with van der Waals surface area (Å²) in [6.45, 7) is 11.3. The second-order valence-corrected chi connectivity index (χ2v) is 12.0. The van der Waals surface area contributed by atoms with Crippen LogP contribution >= 0.6 is 0 Å². The van der Waals surface area contributed by atoms with Crippen LogP contribution in [0.3, 0.4) is 0 Å². The van der Waals surface area contributed by atoms with Crippen LogP contribution in [0.25, 0.3) is 0 Å². The average molecular weight is 242 g/mol. The fourth-order valence-electron chi connectivity index (χ4n) is 2.07. The van der Waals surface area contributed by atoms with Gasteiger partial charge in [-0.1, -0.05) is 96.8 Å². The highest BCUT2D eigenvalue weighted by atomic mass is 28.3. The fraction of sp³-hybridized carbons (Fsp3) is 0.933. The number of unbranched alkanes of at least 4 members (excludes halogenated alkanes) is 9. The zero-order valence-electron chi connectivity index (χ0n) is 12.0. The summed E-state index contributed by atoms with van der Waals surface area (Å²) in [4.78, 5) is 0. The van der Waals surface area contributed by atoms with Crippen LogP contribution in [0.5, 0.6) is 0 Å². The molecule has 0 atom stereocenters. The quantitative estimate of drug-likeness (QED) is 0.305. The lowest BCUT2D eigenvalue weighted by molar-refractivity contribution is 0.565. The van der Waals surface area contributed by atoms with Crippen molar-refractivity contribution in [1.29, 1.82) is 0 Å². The second kappa shape index (κ2) is 10.4. The molecule has 0 aliphatic heterocycles. The van der Waals surface area contributed by atoms with Gasteiger partial charge in [0.25, 0.3) is 0 Å². The van der Waals surface area contributed by atoms with Gasteiger partial charge in [-0.15, -0.1) is 0 Å². The maximum atomic E-state index is 3.88. The average Bonchev–Trinajstić information content (AvgIpc) is 2.19. The zero-order valence-corrected chi connectivity index (χ0v) is 13.0. The predicted molar refractivity (Wildman–Crippen MR) is 79.7 cm³/mol. The molecule has 0 spiro atoms. The van der Waals surface area contributed by atoms with Crippen molar-refractivity contribution < 1.29 is 0 Å². The second-order valence-electron chi connectivity index (χ2n) is 6.35. The third kappa shape index (κ3) is 14.2. The molecule has 0 fully saturated rings. The number of hydrogen-bond acceptors (Lipinski definition) is 0. The molecule has 1 heteroatoms. The van der Waals surface area contributed by atoms with Crippen molar-refractivity contribution in [3.8, 4) is 0 Å². The highest BCUT2D eigenvalue weighted by molar-refractivity contribution is 6.76. The molecule has 0 aromatic carbocycles. The van der Waals surface area contributed by atoms with E-state index in [4.69, 9.17) is 0 Å². The van der Waals surface area contributed by atoms with Crippen LogP contribution in [0.2, 0.25) is 25.7 Å². The molecular weight excluding hydrogens is 208 g/mol. The summed E-state index contributed by atoms with van der Waals surface area (Å²) >= 11 is 0. The van der Waals surface area contributed by atoms with Crippen LogP contribution in [0.4, 0.5) is 0 Å². The summed E-state index contributed by atoms with van der Waals surface area (Å²) in [7, 11) is -0.753. The number of rotatable bonds is 11. The van der Waals surface area contributed by atoms with Gasteiger partial charge in [-0.25, -0.2) is 0 Å². The van der Waals surface area contributed by atoms with Crippen molar-refractivity contribution in [2.75, 3.05) is 0 Å². The molecule has 0 saturated carbocycles. The third-order valence-corrected chi connectivity index (χ3v) is 5.03. The van der Waals surface area contributed by atoms with Crippen LogP contribution in [0.15, 0.2) is 0 Å². The minimum absolute atomic E-state index is 0.753. The van der Waals surface area contributed by atoms with Gasteiger partial charge in [0.1, 0.15) is 0 Å². The van der Waals surface area contributed by atoms with Gasteiger partial charge >= 0.3 is 0 Å². The van der Waals surface area contributed by atoms with Crippen LogP contribution < -0.4 is 0 Å². The van der Waals surface area contributed by atoms with E-state index in [1.807, 2.05) is 0 Å². The molecule has 0 nitrogen and oxygen atoms in total. The van der Waals surface area contributed by atoms with Gasteiger partial charge in [0, 0.05) is 8.07 Å². The Balaban J connectivity index is 2.99. The van der Waals surface area contributed by atoms with E-state index in [9.17, 15) is 0 Å². The first kappa shape index (κ1) is 16.2. The monoisotopic (exact) mass is 241 g/mol. The standard InChI is InChI=1S/C15H33Si/c1-5-6-7-8-9-10-11-12-13-14-15-16(2,3)4/h1,5-15H2,2-4H3. The highest BCUT2D eigenvalue weighted by Crippen LogP contribution is 2.16. The minimum Gasteiger partial charge on any atom is -0.0695 e. The molecule has 0 N–H and O–H groups in total. The van der Waals surface area contributed by atoms with Crippen LogP contribution in [0.1, 0.15) is 64.2 Å². The van der Waals surface area contributed by atoms with Gasteiger partial charge in [0.2, 0.25) is 0 Å². The molecule has 0 heterocycles. The van der Waals surface area contributed by atoms with Gasteiger partial charge in [-0.2, -0.15) is 0 Å². The molecule has 0 aromatic heterocycles. The van der Waals surface area contributed by atoms with Gasteiger partial charge in [-0.05, 0) is 0 Å². The summed E-state index contributed by atoms with van der Waals surface area (Å²) in [5.41, 5.74) is 0. The molecule has 0 unspecified atom stereocenters. The van der Waals surface area contributed by atoms with E-state index >= 15 is 0 Å². The smallest absolute Gasteiger partial charge is 0.0442 e. The Morgan fingerprint density at radius 3 is 1.38 bits per heavy atom. The predicted octanol–water partition coefficient (Wildman–Crippen LogP) is 6.06. The van der Waals surface area contributed by atoms with E-state index in [0.717, 1.165) is 6.42 Å². The summed E-state index contributed by atoms with van der Waals surface area (Å²) in [5.74, 6) is 0. The van der Waals surface area contributed by atoms with Crippen molar-refractivity contribution in [2.24, 2.45) is 0 Å². The maximum Gasteiger partial charge on any atom is 0.0442 e. The molecule has 0 amide bonds. The van der Waals surface area contributed by atoms with Crippen molar-refractivity contribution in [3.05, 3.63) is 6.92 Å².